The summed E-state index contributed by atoms with van der Waals surface area (Å²) in [7, 11) is 0. The van der Waals surface area contributed by atoms with Gasteiger partial charge in [0.25, 0.3) is 0 Å². The van der Waals surface area contributed by atoms with E-state index < -0.39 is 13.3 Å². The number of hydrogen-bond donors (Lipinski definition) is 0. The van der Waals surface area contributed by atoms with Crippen molar-refractivity contribution < 1.29 is 4.42 Å². The Morgan fingerprint density at radius 1 is 0.839 bits per heavy atom. The Bertz CT molecular complexity index is 1450. The van der Waals surface area contributed by atoms with Crippen molar-refractivity contribution in [2.75, 3.05) is 0 Å². The summed E-state index contributed by atoms with van der Waals surface area (Å²) in [5, 5.41) is 4.69. The molecule has 0 aliphatic heterocycles. The van der Waals surface area contributed by atoms with Crippen LogP contribution in [0.15, 0.2) is 65.3 Å². The maximum atomic E-state index is 6.29. The molecule has 0 N–H and O–H groups in total. The average Bonchev–Trinajstić information content (AvgIpc) is 3.09. The van der Waals surface area contributed by atoms with Gasteiger partial charge in [-0.3, -0.25) is 0 Å². The van der Waals surface area contributed by atoms with Crippen LogP contribution in [0, 0.1) is 0 Å². The number of fused-ring (bicyclic) bond motifs is 4. The van der Waals surface area contributed by atoms with E-state index in [0.29, 0.717) is 5.71 Å². The van der Waals surface area contributed by atoms with Crippen LogP contribution >= 0.6 is 0 Å². The molecule has 2 aromatic carbocycles. The molecule has 0 aliphatic rings. The van der Waals surface area contributed by atoms with Crippen molar-refractivity contribution in [3.63, 3.8) is 0 Å². The minimum absolute atomic E-state index is 0.0206. The van der Waals surface area contributed by atoms with E-state index in [-0.39, 0.29) is 5.41 Å². The van der Waals surface area contributed by atoms with Crippen LogP contribution in [0.3, 0.4) is 0 Å². The second-order valence-electron chi connectivity index (χ2n) is 10.5. The minimum atomic E-state index is -1.99. The molecule has 0 saturated carbocycles. The Morgan fingerprint density at radius 3 is 2.35 bits per heavy atom. The fourth-order valence-electron chi connectivity index (χ4n) is 4.27. The van der Waals surface area contributed by atoms with E-state index in [0.717, 1.165) is 27.6 Å². The molecule has 0 fully saturated rings. The molecule has 3 heterocycles. The Morgan fingerprint density at radius 2 is 1.61 bits per heavy atom. The fourth-order valence-corrected chi connectivity index (χ4v) is 6.43. The molecular weight excluding hydrogens is 441 g/mol. The van der Waals surface area contributed by atoms with Crippen LogP contribution in [-0.4, -0.2) is 23.2 Å². The van der Waals surface area contributed by atoms with E-state index >= 15 is 0 Å². The molecule has 4 heteroatoms. The molecular formula is C27H28GeN2O. The van der Waals surface area contributed by atoms with E-state index in [1.165, 1.54) is 20.7 Å². The summed E-state index contributed by atoms with van der Waals surface area (Å²) in [6.07, 6.45) is 3.90. The third-order valence-electron chi connectivity index (χ3n) is 6.05. The summed E-state index contributed by atoms with van der Waals surface area (Å²) in [6.45, 7) is 6.78. The first-order chi connectivity index (χ1) is 14.6. The Labute approximate surface area is 185 Å². The van der Waals surface area contributed by atoms with Gasteiger partial charge in [-0.2, -0.15) is 0 Å². The summed E-state index contributed by atoms with van der Waals surface area (Å²) in [5.74, 6) is 7.17. The Kier molecular flexibility index (Phi) is 4.53. The van der Waals surface area contributed by atoms with Crippen LogP contribution in [-0.2, 0) is 5.41 Å². The first-order valence-electron chi connectivity index (χ1n) is 10.8. The molecule has 0 aliphatic carbocycles. The van der Waals surface area contributed by atoms with Gasteiger partial charge >= 0.3 is 186 Å². The van der Waals surface area contributed by atoms with Crippen molar-refractivity contribution in [1.82, 2.24) is 9.97 Å². The molecule has 5 aromatic rings. The Balaban J connectivity index is 1.81. The molecule has 0 atom stereocenters. The van der Waals surface area contributed by atoms with Gasteiger partial charge in [0.15, 0.2) is 0 Å². The Hall–Kier alpha value is -2.66. The van der Waals surface area contributed by atoms with Crippen LogP contribution in [0.25, 0.3) is 44.1 Å². The molecule has 3 nitrogen and oxygen atoms in total. The summed E-state index contributed by atoms with van der Waals surface area (Å²) < 4.78 is 7.67. The summed E-state index contributed by atoms with van der Waals surface area (Å²) in [6, 6.07) is 17.4. The average molecular weight is 469 g/mol. The fraction of sp³-hybridized carbons (Fsp3) is 0.259. The van der Waals surface area contributed by atoms with Crippen molar-refractivity contribution in [2.45, 2.75) is 43.5 Å². The van der Waals surface area contributed by atoms with Gasteiger partial charge in [0, 0.05) is 0 Å². The van der Waals surface area contributed by atoms with E-state index in [1.807, 2.05) is 12.4 Å². The van der Waals surface area contributed by atoms with E-state index in [4.69, 9.17) is 9.40 Å². The standard InChI is InChI=1S/C27H28GeN2O/c1-27(2,3)23-14-18(13-17-9-7-8-10-20(17)23)24-25-21(11-12-29-24)22-15-19(28(4,5)6)16-30-26(22)31-25/h7-16H,1-6H3. The first-order valence-corrected chi connectivity index (χ1v) is 18.2. The zero-order valence-electron chi connectivity index (χ0n) is 19.1. The summed E-state index contributed by atoms with van der Waals surface area (Å²) in [4.78, 5) is 9.44. The number of aromatic nitrogens is 2. The summed E-state index contributed by atoms with van der Waals surface area (Å²) in [5.41, 5.74) is 4.81. The SMILES string of the molecule is CC(C)(C)c1cc(-c2nccc3c2oc2nc[c]([Ge]([CH3])([CH3])[CH3])cc23)cc2ccccc12. The first kappa shape index (κ1) is 20.3. The number of furan rings is 1. The van der Waals surface area contributed by atoms with Crippen molar-refractivity contribution in [2.24, 2.45) is 0 Å². The van der Waals surface area contributed by atoms with E-state index in [9.17, 15) is 0 Å². The van der Waals surface area contributed by atoms with Crippen molar-refractivity contribution in [3.8, 4) is 11.3 Å². The zero-order chi connectivity index (χ0) is 22.0. The quantitative estimate of drug-likeness (QED) is 0.261. The molecule has 5 rings (SSSR count). The van der Waals surface area contributed by atoms with Gasteiger partial charge in [0.05, 0.1) is 0 Å². The van der Waals surface area contributed by atoms with Gasteiger partial charge in [-0.15, -0.1) is 0 Å². The topological polar surface area (TPSA) is 38.9 Å². The molecule has 0 radical (unpaired) electrons. The molecule has 0 amide bonds. The molecule has 0 unspecified atom stereocenters. The van der Waals surface area contributed by atoms with Crippen molar-refractivity contribution >= 4 is 50.5 Å². The van der Waals surface area contributed by atoms with Crippen LogP contribution in [0.5, 0.6) is 0 Å². The number of hydrogen-bond acceptors (Lipinski definition) is 3. The molecule has 3 aromatic heterocycles. The molecule has 156 valence electrons. The van der Waals surface area contributed by atoms with Crippen molar-refractivity contribution in [3.05, 3.63) is 66.5 Å². The van der Waals surface area contributed by atoms with Gasteiger partial charge in [0.1, 0.15) is 0 Å². The molecule has 0 spiro atoms. The van der Waals surface area contributed by atoms with Crippen LogP contribution < -0.4 is 4.40 Å². The number of benzene rings is 2. The monoisotopic (exact) mass is 470 g/mol. The molecule has 0 saturated heterocycles. The third-order valence-corrected chi connectivity index (χ3v) is 10.3. The van der Waals surface area contributed by atoms with Gasteiger partial charge in [-0.1, -0.05) is 0 Å². The summed E-state index contributed by atoms with van der Waals surface area (Å²) >= 11 is -1.99. The van der Waals surface area contributed by atoms with Crippen LogP contribution in [0.4, 0.5) is 0 Å². The zero-order valence-corrected chi connectivity index (χ0v) is 21.2. The second-order valence-corrected chi connectivity index (χ2v) is 21.1. The third kappa shape index (κ3) is 3.45. The van der Waals surface area contributed by atoms with Crippen molar-refractivity contribution in [1.29, 1.82) is 0 Å². The second kappa shape index (κ2) is 6.93. The van der Waals surface area contributed by atoms with Crippen LogP contribution in [0.1, 0.15) is 26.3 Å². The van der Waals surface area contributed by atoms with E-state index in [1.54, 1.807) is 0 Å². The molecule has 0 bridgehead atoms. The maximum absolute atomic E-state index is 6.29. The van der Waals surface area contributed by atoms with Gasteiger partial charge in [-0.25, -0.2) is 0 Å². The van der Waals surface area contributed by atoms with Gasteiger partial charge in [-0.05, 0) is 0 Å². The molecule has 31 heavy (non-hydrogen) atoms. The van der Waals surface area contributed by atoms with Gasteiger partial charge in [0.2, 0.25) is 0 Å². The predicted molar refractivity (Wildman–Crippen MR) is 134 cm³/mol. The number of nitrogens with zero attached hydrogens (tertiary/aromatic N) is 2. The van der Waals surface area contributed by atoms with Gasteiger partial charge < -0.3 is 0 Å². The normalized spacial score (nSPS) is 12.8. The number of rotatable bonds is 2. The predicted octanol–water partition coefficient (Wildman–Crippen LogP) is 7.04. The van der Waals surface area contributed by atoms with Crippen LogP contribution in [0.2, 0.25) is 17.3 Å². The number of pyridine rings is 2. The van der Waals surface area contributed by atoms with E-state index in [2.05, 4.69) is 91.6 Å².